The van der Waals surface area contributed by atoms with Crippen molar-refractivity contribution in [1.82, 2.24) is 10.2 Å². The van der Waals surface area contributed by atoms with Crippen molar-refractivity contribution in [2.45, 2.75) is 19.9 Å². The van der Waals surface area contributed by atoms with Crippen LogP contribution in [0.1, 0.15) is 18.9 Å². The van der Waals surface area contributed by atoms with Crippen molar-refractivity contribution in [3.8, 4) is 0 Å². The Morgan fingerprint density at radius 1 is 1.30 bits per heavy atom. The van der Waals surface area contributed by atoms with Gasteiger partial charge in [-0.15, -0.1) is 0 Å². The van der Waals surface area contributed by atoms with Crippen LogP contribution in [0.4, 0.5) is 0 Å². The lowest BCUT2D eigenvalue weighted by atomic mass is 10.2. The number of halogens is 1. The normalized spacial score (nSPS) is 10.6. The van der Waals surface area contributed by atoms with Crippen molar-refractivity contribution in [3.63, 3.8) is 0 Å². The molecule has 0 spiro atoms. The predicted molar refractivity (Wildman–Crippen MR) is 77.7 cm³/mol. The molecule has 0 fully saturated rings. The fraction of sp³-hybridized carbons (Fsp3) is 0.429. The third kappa shape index (κ3) is 6.54. The van der Waals surface area contributed by atoms with Crippen LogP contribution >= 0.6 is 11.6 Å². The number of benzene rings is 1. The molecular weight excluding hydrogens is 280 g/mol. The topological polar surface area (TPSA) is 69.6 Å². The molecule has 20 heavy (non-hydrogen) atoms. The minimum Gasteiger partial charge on any atom is -0.481 e. The molecule has 0 unspecified atom stereocenters. The summed E-state index contributed by atoms with van der Waals surface area (Å²) in [5.41, 5.74) is 0.969. The number of hydrogen-bond donors (Lipinski definition) is 2. The Morgan fingerprint density at radius 2 is 1.95 bits per heavy atom. The summed E-state index contributed by atoms with van der Waals surface area (Å²) in [6.45, 7) is 3.56. The summed E-state index contributed by atoms with van der Waals surface area (Å²) in [6.07, 6.45) is 0.0400. The van der Waals surface area contributed by atoms with Crippen LogP contribution in [0.3, 0.4) is 0 Å². The van der Waals surface area contributed by atoms with Crippen molar-refractivity contribution >= 4 is 23.5 Å². The van der Waals surface area contributed by atoms with Crippen molar-refractivity contribution in [2.75, 3.05) is 19.6 Å². The molecule has 6 heteroatoms. The number of nitrogens with one attached hydrogen (secondary N) is 1. The Morgan fingerprint density at radius 3 is 2.50 bits per heavy atom. The van der Waals surface area contributed by atoms with Gasteiger partial charge >= 0.3 is 5.97 Å². The van der Waals surface area contributed by atoms with E-state index in [-0.39, 0.29) is 18.9 Å². The predicted octanol–water partition coefficient (Wildman–Crippen LogP) is 1.75. The Bertz CT molecular complexity index is 448. The molecule has 1 amide bonds. The number of amides is 1. The van der Waals surface area contributed by atoms with Crippen LogP contribution in [-0.4, -0.2) is 41.5 Å². The summed E-state index contributed by atoms with van der Waals surface area (Å²) >= 11 is 5.78. The van der Waals surface area contributed by atoms with Gasteiger partial charge in [0.2, 0.25) is 5.91 Å². The summed E-state index contributed by atoms with van der Waals surface area (Å²) in [7, 11) is 0. The van der Waals surface area contributed by atoms with E-state index in [9.17, 15) is 9.59 Å². The highest BCUT2D eigenvalue weighted by molar-refractivity contribution is 6.30. The monoisotopic (exact) mass is 298 g/mol. The average Bonchev–Trinajstić information content (AvgIpc) is 2.42. The number of carbonyl (C=O) groups is 2. The molecule has 0 aromatic heterocycles. The van der Waals surface area contributed by atoms with E-state index in [0.29, 0.717) is 24.7 Å². The third-order valence-electron chi connectivity index (χ3n) is 2.86. The number of hydrogen-bond acceptors (Lipinski definition) is 3. The number of carbonyl (C=O) groups excluding carboxylic acids is 1. The summed E-state index contributed by atoms with van der Waals surface area (Å²) in [5.74, 6) is -0.975. The van der Waals surface area contributed by atoms with Gasteiger partial charge in [0.15, 0.2) is 0 Å². The highest BCUT2D eigenvalue weighted by Crippen LogP contribution is 2.09. The minimum atomic E-state index is -0.856. The fourth-order valence-electron chi connectivity index (χ4n) is 1.66. The zero-order valence-corrected chi connectivity index (χ0v) is 12.2. The number of likely N-dealkylation sites (N-methyl/N-ethyl adjacent to an activating group) is 1. The molecule has 0 aliphatic rings. The highest BCUT2D eigenvalue weighted by atomic mass is 35.5. The second-order valence-corrected chi connectivity index (χ2v) is 4.85. The first-order valence-electron chi connectivity index (χ1n) is 6.46. The first kappa shape index (κ1) is 16.5. The van der Waals surface area contributed by atoms with Crippen LogP contribution in [0.25, 0.3) is 0 Å². The van der Waals surface area contributed by atoms with Crippen molar-refractivity contribution < 1.29 is 14.7 Å². The van der Waals surface area contributed by atoms with E-state index >= 15 is 0 Å². The zero-order valence-electron chi connectivity index (χ0n) is 11.4. The van der Waals surface area contributed by atoms with Gasteiger partial charge in [0, 0.05) is 18.1 Å². The lowest BCUT2D eigenvalue weighted by molar-refractivity contribution is -0.137. The highest BCUT2D eigenvalue weighted by Gasteiger charge is 2.10. The first-order valence-corrected chi connectivity index (χ1v) is 6.84. The summed E-state index contributed by atoms with van der Waals surface area (Å²) < 4.78 is 0. The van der Waals surface area contributed by atoms with E-state index in [0.717, 1.165) is 5.56 Å². The van der Waals surface area contributed by atoms with Gasteiger partial charge in [-0.2, -0.15) is 0 Å². The number of aliphatic carboxylic acids is 1. The fourth-order valence-corrected chi connectivity index (χ4v) is 1.79. The number of carboxylic acid groups (broad SMARTS) is 1. The molecule has 0 heterocycles. The first-order chi connectivity index (χ1) is 9.51. The maximum Gasteiger partial charge on any atom is 0.304 e. The van der Waals surface area contributed by atoms with E-state index in [1.807, 2.05) is 19.1 Å². The summed E-state index contributed by atoms with van der Waals surface area (Å²) in [5, 5.41) is 12.1. The lowest BCUT2D eigenvalue weighted by Gasteiger charge is -2.18. The molecule has 0 saturated heterocycles. The number of rotatable bonds is 8. The second kappa shape index (κ2) is 8.55. The van der Waals surface area contributed by atoms with Crippen LogP contribution in [-0.2, 0) is 16.1 Å². The standard InChI is InChI=1S/C14H19ClN2O3/c1-2-17(8-7-14(19)20)10-13(18)16-9-11-3-5-12(15)6-4-11/h3-6H,2,7-10H2,1H3,(H,16,18)(H,19,20). The maximum absolute atomic E-state index is 11.8. The maximum atomic E-state index is 11.8. The molecule has 0 bridgehead atoms. The van der Waals surface area contributed by atoms with Crippen molar-refractivity contribution in [2.24, 2.45) is 0 Å². The quantitative estimate of drug-likeness (QED) is 0.767. The molecule has 0 saturated carbocycles. The SMILES string of the molecule is CCN(CCC(=O)O)CC(=O)NCc1ccc(Cl)cc1. The van der Waals surface area contributed by atoms with Crippen LogP contribution in [0.15, 0.2) is 24.3 Å². The van der Waals surface area contributed by atoms with Gasteiger partial charge in [-0.25, -0.2) is 0 Å². The van der Waals surface area contributed by atoms with E-state index in [1.54, 1.807) is 17.0 Å². The van der Waals surface area contributed by atoms with Crippen molar-refractivity contribution in [3.05, 3.63) is 34.9 Å². The molecule has 5 nitrogen and oxygen atoms in total. The average molecular weight is 299 g/mol. The van der Waals surface area contributed by atoms with Gasteiger partial charge in [-0.1, -0.05) is 30.7 Å². The van der Waals surface area contributed by atoms with E-state index in [1.165, 1.54) is 0 Å². The Kier molecular flexibility index (Phi) is 7.04. The van der Waals surface area contributed by atoms with Gasteiger partial charge < -0.3 is 10.4 Å². The third-order valence-corrected chi connectivity index (χ3v) is 3.11. The molecular formula is C14H19ClN2O3. The van der Waals surface area contributed by atoms with Crippen LogP contribution in [0.2, 0.25) is 5.02 Å². The molecule has 1 rings (SSSR count). The second-order valence-electron chi connectivity index (χ2n) is 4.42. The number of nitrogens with zero attached hydrogens (tertiary/aromatic N) is 1. The van der Waals surface area contributed by atoms with E-state index < -0.39 is 5.97 Å². The minimum absolute atomic E-state index is 0.0400. The molecule has 0 aliphatic carbocycles. The Hall–Kier alpha value is -1.59. The van der Waals surface area contributed by atoms with Crippen LogP contribution < -0.4 is 5.32 Å². The number of carboxylic acids is 1. The molecule has 2 N–H and O–H groups in total. The van der Waals surface area contributed by atoms with Gasteiger partial charge in [-0.05, 0) is 24.2 Å². The molecule has 1 aromatic carbocycles. The lowest BCUT2D eigenvalue weighted by Crippen LogP contribution is -2.37. The van der Waals surface area contributed by atoms with Gasteiger partial charge in [0.1, 0.15) is 0 Å². The Balaban J connectivity index is 2.34. The van der Waals surface area contributed by atoms with Crippen LogP contribution in [0, 0.1) is 0 Å². The molecule has 1 aromatic rings. The van der Waals surface area contributed by atoms with Crippen LogP contribution in [0.5, 0.6) is 0 Å². The largest absolute Gasteiger partial charge is 0.481 e. The molecule has 0 atom stereocenters. The molecule has 110 valence electrons. The van der Waals surface area contributed by atoms with Crippen molar-refractivity contribution in [1.29, 1.82) is 0 Å². The van der Waals surface area contributed by atoms with Gasteiger partial charge in [-0.3, -0.25) is 14.5 Å². The molecule has 0 aliphatic heterocycles. The molecule has 0 radical (unpaired) electrons. The van der Waals surface area contributed by atoms with E-state index in [4.69, 9.17) is 16.7 Å². The van der Waals surface area contributed by atoms with E-state index in [2.05, 4.69) is 5.32 Å². The zero-order chi connectivity index (χ0) is 15.0. The smallest absolute Gasteiger partial charge is 0.304 e. The Labute approximate surface area is 123 Å². The summed E-state index contributed by atoms with van der Waals surface area (Å²) in [4.78, 5) is 24.1. The van der Waals surface area contributed by atoms with Gasteiger partial charge in [0.05, 0.1) is 13.0 Å². The van der Waals surface area contributed by atoms with Gasteiger partial charge in [0.25, 0.3) is 0 Å². The summed E-state index contributed by atoms with van der Waals surface area (Å²) in [6, 6.07) is 7.25.